The van der Waals surface area contributed by atoms with E-state index in [1.165, 1.54) is 6.07 Å². The first kappa shape index (κ1) is 20.1. The molecule has 3 nitrogen and oxygen atoms in total. The van der Waals surface area contributed by atoms with Gasteiger partial charge in [-0.25, -0.2) is 4.39 Å². The second kappa shape index (κ2) is 6.85. The Labute approximate surface area is 149 Å². The largest absolute Gasteiger partial charge is 0.573 e. The van der Waals surface area contributed by atoms with Gasteiger partial charge in [-0.15, -0.1) is 13.2 Å². The smallest absolute Gasteiger partial charge is 0.403 e. The Bertz CT molecular complexity index is 658. The molecule has 0 bridgehead atoms. The van der Waals surface area contributed by atoms with E-state index in [2.05, 4.69) is 17.4 Å². The van der Waals surface area contributed by atoms with Crippen LogP contribution in [0, 0.1) is 5.82 Å². The lowest BCUT2D eigenvalue weighted by atomic mass is 9.78. The Hall–Kier alpha value is -1.19. The molecule has 0 saturated carbocycles. The van der Waals surface area contributed by atoms with E-state index in [1.807, 2.05) is 27.7 Å². The zero-order valence-electron chi connectivity index (χ0n) is 14.3. The maximum Gasteiger partial charge on any atom is 0.573 e. The molecule has 0 unspecified atom stereocenters. The maximum absolute atomic E-state index is 13.8. The first-order chi connectivity index (χ1) is 11.3. The van der Waals surface area contributed by atoms with Gasteiger partial charge in [-0.2, -0.15) is 12.6 Å². The summed E-state index contributed by atoms with van der Waals surface area (Å²) in [7, 11) is -0.670. The molecule has 9 heteroatoms. The summed E-state index contributed by atoms with van der Waals surface area (Å²) in [4.78, 5) is 0. The zero-order valence-corrected chi connectivity index (χ0v) is 15.2. The summed E-state index contributed by atoms with van der Waals surface area (Å²) in [5.41, 5.74) is -0.110. The van der Waals surface area contributed by atoms with Crippen LogP contribution in [0.1, 0.15) is 33.3 Å². The summed E-state index contributed by atoms with van der Waals surface area (Å²) in [5, 5.41) is 0. The highest BCUT2D eigenvalue weighted by molar-refractivity contribution is 7.80. The fourth-order valence-corrected chi connectivity index (χ4v) is 2.45. The lowest BCUT2D eigenvalue weighted by Crippen LogP contribution is -2.41. The molecule has 1 saturated heterocycles. The van der Waals surface area contributed by atoms with Crippen LogP contribution < -0.4 is 4.74 Å². The van der Waals surface area contributed by atoms with Crippen LogP contribution in [0.15, 0.2) is 23.7 Å². The summed E-state index contributed by atoms with van der Waals surface area (Å²) in [6, 6.07) is 3.20. The van der Waals surface area contributed by atoms with Crippen molar-refractivity contribution in [2.24, 2.45) is 0 Å². The van der Waals surface area contributed by atoms with E-state index in [4.69, 9.17) is 9.31 Å². The molecule has 1 fully saturated rings. The van der Waals surface area contributed by atoms with Crippen molar-refractivity contribution in [2.75, 3.05) is 5.75 Å². The van der Waals surface area contributed by atoms with Gasteiger partial charge in [0.15, 0.2) is 11.6 Å². The van der Waals surface area contributed by atoms with Gasteiger partial charge >= 0.3 is 13.5 Å². The normalized spacial score (nSPS) is 20.0. The fraction of sp³-hybridized carbons (Fsp3) is 0.500. The van der Waals surface area contributed by atoms with Gasteiger partial charge in [0.05, 0.1) is 11.2 Å². The summed E-state index contributed by atoms with van der Waals surface area (Å²) in [6.07, 6.45) is -3.37. The van der Waals surface area contributed by atoms with E-state index in [0.29, 0.717) is 11.0 Å². The van der Waals surface area contributed by atoms with Crippen molar-refractivity contribution in [1.29, 1.82) is 0 Å². The van der Waals surface area contributed by atoms with Gasteiger partial charge in [0.25, 0.3) is 0 Å². The SMILES string of the molecule is CC1(C)OB(C(=Cc2ccc(OC(F)(F)F)c(F)c2)CS)OC1(C)C. The molecule has 1 aliphatic rings. The highest BCUT2D eigenvalue weighted by Gasteiger charge is 2.52. The highest BCUT2D eigenvalue weighted by Crippen LogP contribution is 2.39. The zero-order chi connectivity index (χ0) is 19.0. The predicted molar refractivity (Wildman–Crippen MR) is 91.0 cm³/mol. The average molecular weight is 378 g/mol. The van der Waals surface area contributed by atoms with Crippen molar-refractivity contribution in [3.63, 3.8) is 0 Å². The molecule has 0 spiro atoms. The van der Waals surface area contributed by atoms with Crippen molar-refractivity contribution in [2.45, 2.75) is 45.3 Å². The molecule has 1 aliphatic heterocycles. The Morgan fingerprint density at radius 3 is 2.20 bits per heavy atom. The minimum Gasteiger partial charge on any atom is -0.403 e. The van der Waals surface area contributed by atoms with E-state index in [-0.39, 0.29) is 5.75 Å². The van der Waals surface area contributed by atoms with Gasteiger partial charge in [-0.3, -0.25) is 0 Å². The molecule has 0 radical (unpaired) electrons. The van der Waals surface area contributed by atoms with Crippen molar-refractivity contribution in [1.82, 2.24) is 0 Å². The fourth-order valence-electron chi connectivity index (χ4n) is 2.21. The second-order valence-corrected chi connectivity index (χ2v) is 7.02. The van der Waals surface area contributed by atoms with Crippen LogP contribution in [-0.4, -0.2) is 30.4 Å². The number of thiol groups is 1. The van der Waals surface area contributed by atoms with Crippen LogP contribution in [0.2, 0.25) is 0 Å². The topological polar surface area (TPSA) is 27.7 Å². The number of hydrogen-bond acceptors (Lipinski definition) is 4. The van der Waals surface area contributed by atoms with Crippen LogP contribution in [0.5, 0.6) is 5.75 Å². The summed E-state index contributed by atoms with van der Waals surface area (Å²) in [5.74, 6) is -1.72. The number of alkyl halides is 3. The molecule has 0 aliphatic carbocycles. The first-order valence-corrected chi connectivity index (χ1v) is 8.20. The lowest BCUT2D eigenvalue weighted by Gasteiger charge is -2.32. The summed E-state index contributed by atoms with van der Waals surface area (Å²) in [6.45, 7) is 7.58. The van der Waals surface area contributed by atoms with Crippen molar-refractivity contribution < 1.29 is 31.6 Å². The van der Waals surface area contributed by atoms with E-state index in [1.54, 1.807) is 6.08 Å². The van der Waals surface area contributed by atoms with Gasteiger partial charge in [0.2, 0.25) is 0 Å². The Morgan fingerprint density at radius 2 is 1.76 bits per heavy atom. The monoisotopic (exact) mass is 378 g/mol. The molecule has 0 aromatic heterocycles. The van der Waals surface area contributed by atoms with Gasteiger partial charge in [0.1, 0.15) is 0 Å². The quantitative estimate of drug-likeness (QED) is 0.469. The van der Waals surface area contributed by atoms with Crippen LogP contribution in [0.3, 0.4) is 0 Å². The molecular weight excluding hydrogens is 359 g/mol. The number of benzene rings is 1. The Balaban J connectivity index is 2.25. The van der Waals surface area contributed by atoms with Gasteiger partial charge in [-0.05, 0) is 50.9 Å². The van der Waals surface area contributed by atoms with Crippen LogP contribution in [-0.2, 0) is 9.31 Å². The van der Waals surface area contributed by atoms with Crippen molar-refractivity contribution >= 4 is 25.8 Å². The predicted octanol–water partition coefficient (Wildman–Crippen LogP) is 4.67. The maximum atomic E-state index is 13.8. The molecule has 1 heterocycles. The average Bonchev–Trinajstić information content (AvgIpc) is 2.66. The molecule has 2 rings (SSSR count). The van der Waals surface area contributed by atoms with Crippen LogP contribution >= 0.6 is 12.6 Å². The van der Waals surface area contributed by atoms with Crippen molar-refractivity contribution in [3.05, 3.63) is 35.1 Å². The minimum atomic E-state index is -4.95. The molecule has 0 atom stereocenters. The number of ether oxygens (including phenoxy) is 1. The van der Waals surface area contributed by atoms with E-state index in [9.17, 15) is 17.6 Å². The lowest BCUT2D eigenvalue weighted by molar-refractivity contribution is -0.275. The molecule has 0 N–H and O–H groups in total. The Morgan fingerprint density at radius 1 is 1.20 bits per heavy atom. The van der Waals surface area contributed by atoms with Crippen LogP contribution in [0.4, 0.5) is 17.6 Å². The van der Waals surface area contributed by atoms with Crippen LogP contribution in [0.25, 0.3) is 6.08 Å². The molecule has 0 amide bonds. The molecular formula is C16H19BF4O3S. The number of halogens is 4. The molecule has 1 aromatic carbocycles. The third-order valence-electron chi connectivity index (χ3n) is 4.27. The van der Waals surface area contributed by atoms with E-state index in [0.717, 1.165) is 12.1 Å². The van der Waals surface area contributed by atoms with Gasteiger partial charge in [-0.1, -0.05) is 12.1 Å². The third kappa shape index (κ3) is 4.71. The highest BCUT2D eigenvalue weighted by atomic mass is 32.1. The second-order valence-electron chi connectivity index (χ2n) is 6.70. The number of hydrogen-bond donors (Lipinski definition) is 1. The van der Waals surface area contributed by atoms with E-state index >= 15 is 0 Å². The standard InChI is InChI=1S/C16H19BF4O3S/c1-14(2)15(3,4)24-17(23-14)11(9-25)7-10-5-6-13(12(18)8-10)22-16(19,20)21/h5-8,25H,9H2,1-4H3. The molecule has 1 aromatic rings. The molecule has 25 heavy (non-hydrogen) atoms. The third-order valence-corrected chi connectivity index (χ3v) is 4.64. The summed E-state index contributed by atoms with van der Waals surface area (Å²) < 4.78 is 65.8. The van der Waals surface area contributed by atoms with Gasteiger partial charge < -0.3 is 14.0 Å². The van der Waals surface area contributed by atoms with E-state index < -0.39 is 36.2 Å². The first-order valence-electron chi connectivity index (χ1n) is 7.57. The number of rotatable bonds is 4. The Kier molecular flexibility index (Phi) is 5.52. The molecule has 138 valence electrons. The minimum absolute atomic E-state index is 0.277. The van der Waals surface area contributed by atoms with Gasteiger partial charge in [0, 0.05) is 5.75 Å². The van der Waals surface area contributed by atoms with Crippen molar-refractivity contribution in [3.8, 4) is 5.75 Å². The summed E-state index contributed by atoms with van der Waals surface area (Å²) >= 11 is 4.24.